The predicted octanol–water partition coefficient (Wildman–Crippen LogP) is 2.20. The van der Waals surface area contributed by atoms with E-state index in [1.54, 1.807) is 19.9 Å². The molecule has 4 N–H and O–H groups in total. The molecule has 3 nitrogen and oxygen atoms in total. The van der Waals surface area contributed by atoms with E-state index in [1.165, 1.54) is 12.1 Å². The van der Waals surface area contributed by atoms with Gasteiger partial charge in [0.05, 0.1) is 5.60 Å². The molecule has 1 aromatic heterocycles. The van der Waals surface area contributed by atoms with Crippen LogP contribution in [0.5, 0.6) is 0 Å². The number of fused-ring (bicyclic) bond motifs is 1. The smallest absolute Gasteiger partial charge is 0.123 e. The summed E-state index contributed by atoms with van der Waals surface area (Å²) in [6, 6.07) is 4.46. The quantitative estimate of drug-likeness (QED) is 0.729. The maximum Gasteiger partial charge on any atom is 0.123 e. The number of H-pyrrole nitrogens is 1. The second-order valence-electron chi connectivity index (χ2n) is 4.70. The third-order valence-corrected chi connectivity index (χ3v) is 2.51. The highest BCUT2D eigenvalue weighted by molar-refractivity contribution is 5.88. The molecule has 16 heavy (non-hydrogen) atoms. The molecule has 2 rings (SSSR count). The number of nitrogens with two attached hydrogens (primary N) is 1. The van der Waals surface area contributed by atoms with Crippen LogP contribution in [0.1, 0.15) is 19.4 Å². The average molecular weight is 222 g/mol. The van der Waals surface area contributed by atoms with Gasteiger partial charge in [0.15, 0.2) is 0 Å². The summed E-state index contributed by atoms with van der Waals surface area (Å²) >= 11 is 0. The summed E-state index contributed by atoms with van der Waals surface area (Å²) in [6.45, 7) is 3.40. The maximum absolute atomic E-state index is 13.1. The summed E-state index contributed by atoms with van der Waals surface area (Å²) in [7, 11) is 0. The SMILES string of the molecule is CC(C)(O)Cc1c(N)[nH]c2ccc(F)cc12. The molecule has 4 heteroatoms. The lowest BCUT2D eigenvalue weighted by Gasteiger charge is -2.16. The fourth-order valence-corrected chi connectivity index (χ4v) is 1.86. The van der Waals surface area contributed by atoms with Crippen LogP contribution < -0.4 is 5.73 Å². The molecule has 0 aliphatic rings. The molecule has 0 aliphatic heterocycles. The number of aliphatic hydroxyl groups is 1. The Kier molecular flexibility index (Phi) is 2.39. The van der Waals surface area contributed by atoms with Crippen molar-refractivity contribution in [2.75, 3.05) is 5.73 Å². The number of nitrogen functional groups attached to an aromatic ring is 1. The van der Waals surface area contributed by atoms with Crippen molar-refractivity contribution in [3.05, 3.63) is 29.6 Å². The van der Waals surface area contributed by atoms with Gasteiger partial charge in [-0.3, -0.25) is 0 Å². The minimum absolute atomic E-state index is 0.302. The first-order valence-corrected chi connectivity index (χ1v) is 5.15. The number of hydrogen-bond donors (Lipinski definition) is 3. The summed E-state index contributed by atoms with van der Waals surface area (Å²) in [5, 5.41) is 10.5. The van der Waals surface area contributed by atoms with Gasteiger partial charge in [-0.05, 0) is 32.0 Å². The van der Waals surface area contributed by atoms with Crippen LogP contribution in [0.15, 0.2) is 18.2 Å². The van der Waals surface area contributed by atoms with Gasteiger partial charge in [-0.1, -0.05) is 0 Å². The van der Waals surface area contributed by atoms with Crippen LogP contribution in [0.3, 0.4) is 0 Å². The molecule has 0 atom stereocenters. The number of anilines is 1. The summed E-state index contributed by atoms with van der Waals surface area (Å²) in [6.07, 6.45) is 0.391. The Morgan fingerprint density at radius 1 is 1.44 bits per heavy atom. The Labute approximate surface area is 93.1 Å². The van der Waals surface area contributed by atoms with Gasteiger partial charge in [-0.25, -0.2) is 4.39 Å². The topological polar surface area (TPSA) is 62.0 Å². The second kappa shape index (κ2) is 3.49. The molecular formula is C12H15FN2O. The lowest BCUT2D eigenvalue weighted by atomic mass is 9.97. The van der Waals surface area contributed by atoms with Gasteiger partial charge in [0, 0.05) is 22.9 Å². The van der Waals surface area contributed by atoms with Crippen LogP contribution in [0.4, 0.5) is 10.2 Å². The Hall–Kier alpha value is -1.55. The highest BCUT2D eigenvalue weighted by atomic mass is 19.1. The zero-order valence-corrected chi connectivity index (χ0v) is 9.34. The van der Waals surface area contributed by atoms with E-state index in [0.717, 1.165) is 16.5 Å². The number of hydrogen-bond acceptors (Lipinski definition) is 2. The fourth-order valence-electron chi connectivity index (χ4n) is 1.86. The molecule has 0 aliphatic carbocycles. The number of rotatable bonds is 2. The van der Waals surface area contributed by atoms with Gasteiger partial charge >= 0.3 is 0 Å². The summed E-state index contributed by atoms with van der Waals surface area (Å²) < 4.78 is 13.1. The van der Waals surface area contributed by atoms with Crippen LogP contribution in [-0.2, 0) is 6.42 Å². The molecule has 0 radical (unpaired) electrons. The van der Waals surface area contributed by atoms with Crippen molar-refractivity contribution in [2.24, 2.45) is 0 Å². The van der Waals surface area contributed by atoms with Crippen molar-refractivity contribution >= 4 is 16.7 Å². The molecule has 0 bridgehead atoms. The molecular weight excluding hydrogens is 207 g/mol. The molecule has 0 spiro atoms. The highest BCUT2D eigenvalue weighted by Crippen LogP contribution is 2.28. The van der Waals surface area contributed by atoms with Gasteiger partial charge < -0.3 is 15.8 Å². The van der Waals surface area contributed by atoms with Crippen molar-refractivity contribution in [3.8, 4) is 0 Å². The molecule has 0 saturated heterocycles. The minimum Gasteiger partial charge on any atom is -0.390 e. The monoisotopic (exact) mass is 222 g/mol. The molecule has 0 saturated carbocycles. The summed E-state index contributed by atoms with van der Waals surface area (Å²) in [5.74, 6) is 0.186. The summed E-state index contributed by atoms with van der Waals surface area (Å²) in [5.41, 5.74) is 6.51. The van der Waals surface area contributed by atoms with Crippen molar-refractivity contribution < 1.29 is 9.50 Å². The van der Waals surface area contributed by atoms with Crippen LogP contribution in [0.25, 0.3) is 10.9 Å². The zero-order chi connectivity index (χ0) is 11.9. The number of benzene rings is 1. The van der Waals surface area contributed by atoms with Crippen molar-refractivity contribution in [1.29, 1.82) is 0 Å². The van der Waals surface area contributed by atoms with Crippen molar-refractivity contribution in [3.63, 3.8) is 0 Å². The van der Waals surface area contributed by atoms with Gasteiger partial charge in [0.2, 0.25) is 0 Å². The van der Waals surface area contributed by atoms with Gasteiger partial charge in [-0.15, -0.1) is 0 Å². The van der Waals surface area contributed by atoms with E-state index in [0.29, 0.717) is 12.2 Å². The average Bonchev–Trinajstić information content (AvgIpc) is 2.42. The lowest BCUT2D eigenvalue weighted by Crippen LogP contribution is -2.22. The Bertz CT molecular complexity index is 526. The third kappa shape index (κ3) is 2.02. The maximum atomic E-state index is 13.1. The van der Waals surface area contributed by atoms with Crippen LogP contribution in [0.2, 0.25) is 0 Å². The lowest BCUT2D eigenvalue weighted by molar-refractivity contribution is 0.0815. The van der Waals surface area contributed by atoms with E-state index in [1.807, 2.05) is 0 Å². The first-order valence-electron chi connectivity index (χ1n) is 5.15. The minimum atomic E-state index is -0.866. The van der Waals surface area contributed by atoms with Gasteiger partial charge in [-0.2, -0.15) is 0 Å². The molecule has 0 amide bonds. The van der Waals surface area contributed by atoms with Crippen LogP contribution >= 0.6 is 0 Å². The molecule has 2 aromatic rings. The van der Waals surface area contributed by atoms with Crippen LogP contribution in [0, 0.1) is 5.82 Å². The Balaban J connectivity index is 2.58. The number of halogens is 1. The molecule has 1 aromatic carbocycles. The van der Waals surface area contributed by atoms with Crippen molar-refractivity contribution in [2.45, 2.75) is 25.9 Å². The van der Waals surface area contributed by atoms with E-state index < -0.39 is 5.60 Å². The van der Waals surface area contributed by atoms with E-state index in [9.17, 15) is 9.50 Å². The van der Waals surface area contributed by atoms with Crippen molar-refractivity contribution in [1.82, 2.24) is 4.98 Å². The van der Waals surface area contributed by atoms with E-state index in [2.05, 4.69) is 4.98 Å². The zero-order valence-electron chi connectivity index (χ0n) is 9.34. The largest absolute Gasteiger partial charge is 0.390 e. The second-order valence-corrected chi connectivity index (χ2v) is 4.70. The molecule has 0 fully saturated rings. The molecule has 1 heterocycles. The van der Waals surface area contributed by atoms with Gasteiger partial charge in [0.1, 0.15) is 11.6 Å². The van der Waals surface area contributed by atoms with E-state index in [4.69, 9.17) is 5.73 Å². The first kappa shape index (κ1) is 11.0. The predicted molar refractivity (Wildman–Crippen MR) is 62.7 cm³/mol. The van der Waals surface area contributed by atoms with E-state index in [-0.39, 0.29) is 5.82 Å². The number of nitrogens with one attached hydrogen (secondary N) is 1. The molecule has 86 valence electrons. The summed E-state index contributed by atoms with van der Waals surface area (Å²) in [4.78, 5) is 2.98. The third-order valence-electron chi connectivity index (χ3n) is 2.51. The number of aromatic amines is 1. The van der Waals surface area contributed by atoms with Crippen LogP contribution in [-0.4, -0.2) is 15.7 Å². The Morgan fingerprint density at radius 3 is 2.75 bits per heavy atom. The fraction of sp³-hybridized carbons (Fsp3) is 0.333. The standard InChI is InChI=1S/C12H15FN2O/c1-12(2,16)6-9-8-5-7(13)3-4-10(8)15-11(9)14/h3-5,15-16H,6,14H2,1-2H3. The molecule has 0 unspecified atom stereocenters. The normalized spacial score (nSPS) is 12.2. The van der Waals surface area contributed by atoms with Gasteiger partial charge in [0.25, 0.3) is 0 Å². The Morgan fingerprint density at radius 2 is 2.12 bits per heavy atom. The highest BCUT2D eigenvalue weighted by Gasteiger charge is 2.19. The number of aromatic nitrogens is 1. The first-order chi connectivity index (χ1) is 7.37. The van der Waals surface area contributed by atoms with E-state index >= 15 is 0 Å².